The van der Waals surface area contributed by atoms with Crippen LogP contribution in [0.4, 0.5) is 0 Å². The van der Waals surface area contributed by atoms with Gasteiger partial charge in [0.2, 0.25) is 0 Å². The van der Waals surface area contributed by atoms with Gasteiger partial charge in [0, 0.05) is 33.4 Å². The molecule has 0 saturated heterocycles. The first-order valence-electron chi connectivity index (χ1n) is 23.6. The lowest BCUT2D eigenvalue weighted by molar-refractivity contribution is 0.660. The highest BCUT2D eigenvalue weighted by Crippen LogP contribution is 2.50. The zero-order chi connectivity index (χ0) is 45.1. The van der Waals surface area contributed by atoms with Gasteiger partial charge in [-0.2, -0.15) is 0 Å². The standard InChI is InChI=1S/C65H43N3/c1-65(2)58-27-14-13-25-51(58)55-35-44(29-32-59(55)65)43-28-31-50-48-23-11-12-24-49(48)54-38-62-57(37-53(54)52(50)34-43)56-36-45(47-26-15-21-40-16-9-10-22-46(40)47)30-33-61(56)68(62)63-39-60(41-17-5-3-6-18-41)66-64(67-63)42-19-7-4-8-20-42/h3-39H,1-2H3. The summed E-state index contributed by atoms with van der Waals surface area (Å²) in [6, 6.07) is 82.2. The van der Waals surface area contributed by atoms with Crippen molar-refractivity contribution in [2.24, 2.45) is 0 Å². The van der Waals surface area contributed by atoms with Crippen LogP contribution in [0.15, 0.2) is 224 Å². The van der Waals surface area contributed by atoms with E-state index in [4.69, 9.17) is 9.97 Å². The molecule has 0 bridgehead atoms. The number of fused-ring (bicyclic) bond motifs is 13. The molecule has 0 spiro atoms. The SMILES string of the molecule is CC1(C)c2ccccc2-c2cc(-c3ccc4c5ccccc5c5cc6c(cc5c4c3)c3cc(-c4cccc5ccccc45)ccc3n6-c3cc(-c4ccccc4)nc(-c4ccccc4)n3)ccc21. The molecule has 3 nitrogen and oxygen atoms in total. The Morgan fingerprint density at radius 1 is 0.324 bits per heavy atom. The molecule has 68 heavy (non-hydrogen) atoms. The maximum absolute atomic E-state index is 5.43. The monoisotopic (exact) mass is 865 g/mol. The Balaban J connectivity index is 1.07. The number of hydrogen-bond acceptors (Lipinski definition) is 2. The maximum atomic E-state index is 5.43. The summed E-state index contributed by atoms with van der Waals surface area (Å²) < 4.78 is 2.37. The Morgan fingerprint density at radius 2 is 0.897 bits per heavy atom. The lowest BCUT2D eigenvalue weighted by Gasteiger charge is -2.21. The summed E-state index contributed by atoms with van der Waals surface area (Å²) in [5, 5.41) is 12.2. The van der Waals surface area contributed by atoms with Gasteiger partial charge in [-0.05, 0) is 124 Å². The minimum atomic E-state index is -0.0427. The predicted octanol–water partition coefficient (Wildman–Crippen LogP) is 17.2. The summed E-state index contributed by atoms with van der Waals surface area (Å²) in [5.41, 5.74) is 15.3. The second-order valence-electron chi connectivity index (χ2n) is 18.9. The molecule has 0 saturated carbocycles. The van der Waals surface area contributed by atoms with Crippen molar-refractivity contribution in [3.05, 3.63) is 236 Å². The van der Waals surface area contributed by atoms with Gasteiger partial charge in [0.25, 0.3) is 0 Å². The van der Waals surface area contributed by atoms with Crippen molar-refractivity contribution in [2.45, 2.75) is 19.3 Å². The second-order valence-corrected chi connectivity index (χ2v) is 18.9. The molecule has 2 aromatic heterocycles. The lowest BCUT2D eigenvalue weighted by Crippen LogP contribution is -2.14. The first kappa shape index (κ1) is 38.6. The van der Waals surface area contributed by atoms with E-state index in [2.05, 4.69) is 237 Å². The smallest absolute Gasteiger partial charge is 0.162 e. The molecule has 2 heterocycles. The Bertz CT molecular complexity index is 4160. The predicted molar refractivity (Wildman–Crippen MR) is 286 cm³/mol. The molecular weight excluding hydrogens is 823 g/mol. The van der Waals surface area contributed by atoms with E-state index in [0.29, 0.717) is 5.82 Å². The van der Waals surface area contributed by atoms with Crippen LogP contribution >= 0.6 is 0 Å². The van der Waals surface area contributed by atoms with E-state index >= 15 is 0 Å². The van der Waals surface area contributed by atoms with Crippen LogP contribution in [-0.4, -0.2) is 14.5 Å². The summed E-state index contributed by atoms with van der Waals surface area (Å²) in [7, 11) is 0. The summed E-state index contributed by atoms with van der Waals surface area (Å²) in [4.78, 5) is 10.6. The quantitative estimate of drug-likeness (QED) is 0.161. The van der Waals surface area contributed by atoms with Gasteiger partial charge in [-0.1, -0.05) is 196 Å². The Kier molecular flexibility index (Phi) is 8.33. The highest BCUT2D eigenvalue weighted by molar-refractivity contribution is 6.29. The zero-order valence-electron chi connectivity index (χ0n) is 37.7. The first-order valence-corrected chi connectivity index (χ1v) is 23.6. The van der Waals surface area contributed by atoms with Crippen molar-refractivity contribution < 1.29 is 0 Å². The van der Waals surface area contributed by atoms with Gasteiger partial charge in [0.1, 0.15) is 5.82 Å². The number of aromatic nitrogens is 3. The highest BCUT2D eigenvalue weighted by atomic mass is 15.1. The van der Waals surface area contributed by atoms with Crippen molar-refractivity contribution in [3.8, 4) is 61.8 Å². The molecule has 0 atom stereocenters. The Morgan fingerprint density at radius 3 is 1.74 bits per heavy atom. The number of nitrogens with zero attached hydrogens (tertiary/aromatic N) is 3. The van der Waals surface area contributed by atoms with E-state index in [0.717, 1.165) is 33.7 Å². The van der Waals surface area contributed by atoms with E-state index in [1.54, 1.807) is 0 Å². The maximum Gasteiger partial charge on any atom is 0.162 e. The third kappa shape index (κ3) is 5.79. The first-order chi connectivity index (χ1) is 33.5. The lowest BCUT2D eigenvalue weighted by atomic mass is 9.82. The molecule has 0 fully saturated rings. The number of rotatable bonds is 5. The second kappa shape index (κ2) is 14.7. The van der Waals surface area contributed by atoms with E-state index in [-0.39, 0.29) is 5.41 Å². The Labute approximate surface area is 394 Å². The molecule has 0 unspecified atom stereocenters. The average molecular weight is 866 g/mol. The molecule has 14 rings (SSSR count). The van der Waals surface area contributed by atoms with Crippen LogP contribution in [-0.2, 0) is 5.41 Å². The molecule has 13 aromatic rings. The third-order valence-electron chi connectivity index (χ3n) is 14.8. The number of hydrogen-bond donors (Lipinski definition) is 0. The average Bonchev–Trinajstić information content (AvgIpc) is 3.84. The molecule has 3 heteroatoms. The summed E-state index contributed by atoms with van der Waals surface area (Å²) >= 11 is 0. The van der Waals surface area contributed by atoms with E-state index in [9.17, 15) is 0 Å². The molecule has 318 valence electrons. The van der Waals surface area contributed by atoms with Crippen molar-refractivity contribution >= 4 is 64.9 Å². The largest absolute Gasteiger partial charge is 0.294 e. The molecule has 1 aliphatic carbocycles. The summed E-state index contributed by atoms with van der Waals surface area (Å²) in [6.45, 7) is 4.70. The fourth-order valence-corrected chi connectivity index (χ4v) is 11.5. The Hall–Kier alpha value is -8.66. The normalized spacial score (nSPS) is 13.0. The molecule has 11 aromatic carbocycles. The van der Waals surface area contributed by atoms with Gasteiger partial charge in [-0.3, -0.25) is 4.57 Å². The molecule has 0 amide bonds. The fraction of sp³-hybridized carbons (Fsp3) is 0.0462. The number of benzene rings is 11. The van der Waals surface area contributed by atoms with Crippen molar-refractivity contribution in [2.75, 3.05) is 0 Å². The van der Waals surface area contributed by atoms with Gasteiger partial charge in [-0.25, -0.2) is 9.97 Å². The van der Waals surface area contributed by atoms with Crippen LogP contribution in [0.2, 0.25) is 0 Å². The van der Waals surface area contributed by atoms with Crippen LogP contribution in [0, 0.1) is 0 Å². The van der Waals surface area contributed by atoms with Gasteiger partial charge < -0.3 is 0 Å². The molecule has 1 aliphatic rings. The minimum absolute atomic E-state index is 0.0427. The third-order valence-corrected chi connectivity index (χ3v) is 14.8. The molecule has 0 aliphatic heterocycles. The molecule has 0 radical (unpaired) electrons. The van der Waals surface area contributed by atoms with Crippen LogP contribution in [0.25, 0.3) is 127 Å². The zero-order valence-corrected chi connectivity index (χ0v) is 37.7. The van der Waals surface area contributed by atoms with Crippen LogP contribution < -0.4 is 0 Å². The molecular formula is C65H43N3. The van der Waals surface area contributed by atoms with Gasteiger partial charge in [-0.15, -0.1) is 0 Å². The van der Waals surface area contributed by atoms with Crippen LogP contribution in [0.5, 0.6) is 0 Å². The van der Waals surface area contributed by atoms with Gasteiger partial charge in [0.15, 0.2) is 5.82 Å². The summed E-state index contributed by atoms with van der Waals surface area (Å²) in [6.07, 6.45) is 0. The van der Waals surface area contributed by atoms with E-state index in [1.807, 2.05) is 6.07 Å². The fourth-order valence-electron chi connectivity index (χ4n) is 11.5. The van der Waals surface area contributed by atoms with Crippen LogP contribution in [0.1, 0.15) is 25.0 Å². The van der Waals surface area contributed by atoms with E-state index < -0.39 is 0 Å². The van der Waals surface area contributed by atoms with Crippen molar-refractivity contribution in [1.29, 1.82) is 0 Å². The van der Waals surface area contributed by atoms with Crippen molar-refractivity contribution in [3.63, 3.8) is 0 Å². The molecule has 0 N–H and O–H groups in total. The van der Waals surface area contributed by atoms with Gasteiger partial charge in [0.05, 0.1) is 16.7 Å². The van der Waals surface area contributed by atoms with Crippen LogP contribution in [0.3, 0.4) is 0 Å². The topological polar surface area (TPSA) is 30.7 Å². The minimum Gasteiger partial charge on any atom is -0.294 e. The summed E-state index contributed by atoms with van der Waals surface area (Å²) in [5.74, 6) is 1.51. The highest BCUT2D eigenvalue weighted by Gasteiger charge is 2.35. The van der Waals surface area contributed by atoms with Gasteiger partial charge >= 0.3 is 0 Å². The van der Waals surface area contributed by atoms with Crippen molar-refractivity contribution in [1.82, 2.24) is 14.5 Å². The van der Waals surface area contributed by atoms with E-state index in [1.165, 1.54) is 98.4 Å².